The Balaban J connectivity index is 2.35. The van der Waals surface area contributed by atoms with Gasteiger partial charge < -0.3 is 25.0 Å². The van der Waals surface area contributed by atoms with Crippen LogP contribution in [0.2, 0.25) is 0 Å². The van der Waals surface area contributed by atoms with Crippen LogP contribution in [0.25, 0.3) is 0 Å². The van der Waals surface area contributed by atoms with Gasteiger partial charge in [-0.25, -0.2) is 4.79 Å². The van der Waals surface area contributed by atoms with E-state index in [0.717, 1.165) is 6.42 Å². The lowest BCUT2D eigenvalue weighted by Gasteiger charge is -2.36. The lowest BCUT2D eigenvalue weighted by atomic mass is 10.0. The van der Waals surface area contributed by atoms with E-state index in [2.05, 4.69) is 10.6 Å². The van der Waals surface area contributed by atoms with Gasteiger partial charge in [-0.1, -0.05) is 13.8 Å². The largest absolute Gasteiger partial charge is 0.491 e. The predicted molar refractivity (Wildman–Crippen MR) is 128 cm³/mol. The molecule has 198 valence electrons. The highest BCUT2D eigenvalue weighted by Gasteiger charge is 2.32. The summed E-state index contributed by atoms with van der Waals surface area (Å²) in [5.41, 5.74) is 0.731. The monoisotopic (exact) mass is 502 g/mol. The van der Waals surface area contributed by atoms with Crippen LogP contribution in [0.5, 0.6) is 5.75 Å². The molecule has 0 aliphatic carbocycles. The van der Waals surface area contributed by atoms with Crippen molar-refractivity contribution in [1.82, 2.24) is 15.1 Å². The summed E-state index contributed by atoms with van der Waals surface area (Å²) in [6.07, 6.45) is -4.79. The molecule has 0 saturated heterocycles. The number of rotatable bonds is 6. The summed E-state index contributed by atoms with van der Waals surface area (Å²) in [5, 5.41) is 5.42. The Labute approximate surface area is 205 Å². The highest BCUT2D eigenvalue weighted by atomic mass is 19.4. The minimum absolute atomic E-state index is 0.0672. The van der Waals surface area contributed by atoms with E-state index in [1.165, 1.54) is 12.0 Å². The molecule has 3 atom stereocenters. The highest BCUT2D eigenvalue weighted by molar-refractivity contribution is 5.98. The van der Waals surface area contributed by atoms with Gasteiger partial charge in [0, 0.05) is 58.1 Å². The molecule has 0 unspecified atom stereocenters. The molecule has 11 heteroatoms. The van der Waals surface area contributed by atoms with Gasteiger partial charge >= 0.3 is 12.2 Å². The Kier molecular flexibility index (Phi) is 10.6. The molecule has 35 heavy (non-hydrogen) atoms. The van der Waals surface area contributed by atoms with Crippen molar-refractivity contribution in [2.45, 2.75) is 51.9 Å². The SMILES string of the molecule is CCCNC(=O)Nc1ccc2c(c1)OC[C@@H](C)N(CCC(F)(F)F)C[C@@H](C)[C@@H](OC)CN(C)C2=O. The summed E-state index contributed by atoms with van der Waals surface area (Å²) >= 11 is 0. The Bertz CT molecular complexity index is 853. The van der Waals surface area contributed by atoms with Crippen molar-refractivity contribution in [1.29, 1.82) is 0 Å². The molecule has 2 N–H and O–H groups in total. The lowest BCUT2D eigenvalue weighted by molar-refractivity contribution is -0.140. The first-order valence-corrected chi connectivity index (χ1v) is 11.9. The minimum Gasteiger partial charge on any atom is -0.491 e. The molecule has 0 radical (unpaired) electrons. The molecule has 0 aromatic heterocycles. The van der Waals surface area contributed by atoms with Gasteiger partial charge in [0.2, 0.25) is 0 Å². The van der Waals surface area contributed by atoms with Crippen molar-refractivity contribution in [3.63, 3.8) is 0 Å². The number of amides is 3. The maximum atomic E-state index is 13.2. The Morgan fingerprint density at radius 1 is 1.26 bits per heavy atom. The highest BCUT2D eigenvalue weighted by Crippen LogP contribution is 2.27. The maximum absolute atomic E-state index is 13.2. The molecule has 1 aliphatic heterocycles. The number of nitrogens with zero attached hydrogens (tertiary/aromatic N) is 2. The van der Waals surface area contributed by atoms with Gasteiger partial charge in [-0.2, -0.15) is 13.2 Å². The topological polar surface area (TPSA) is 83.1 Å². The summed E-state index contributed by atoms with van der Waals surface area (Å²) in [6.45, 7) is 6.66. The minimum atomic E-state index is -4.27. The molecule has 1 heterocycles. The number of methoxy groups -OCH3 is 1. The van der Waals surface area contributed by atoms with E-state index in [1.807, 2.05) is 13.8 Å². The molecule has 0 bridgehead atoms. The van der Waals surface area contributed by atoms with Crippen molar-refractivity contribution in [3.8, 4) is 5.75 Å². The zero-order valence-electron chi connectivity index (χ0n) is 21.1. The Morgan fingerprint density at radius 2 is 1.97 bits per heavy atom. The predicted octanol–water partition coefficient (Wildman–Crippen LogP) is 3.98. The number of fused-ring (bicyclic) bond motifs is 1. The molecule has 8 nitrogen and oxygen atoms in total. The van der Waals surface area contributed by atoms with Crippen LogP contribution in [0.3, 0.4) is 0 Å². The Hall–Kier alpha value is -2.53. The van der Waals surface area contributed by atoms with E-state index in [4.69, 9.17) is 9.47 Å². The molecule has 0 saturated carbocycles. The number of benzene rings is 1. The molecule has 0 spiro atoms. The van der Waals surface area contributed by atoms with E-state index in [0.29, 0.717) is 24.3 Å². The summed E-state index contributed by atoms with van der Waals surface area (Å²) in [6, 6.07) is 4.00. The first kappa shape index (κ1) is 28.7. The second-order valence-corrected chi connectivity index (χ2v) is 9.05. The number of carbonyl (C=O) groups is 2. The number of carbonyl (C=O) groups excluding carboxylic acids is 2. The summed E-state index contributed by atoms with van der Waals surface area (Å²) in [5.74, 6) is -0.156. The van der Waals surface area contributed by atoms with Crippen molar-refractivity contribution in [2.75, 3.05) is 52.3 Å². The van der Waals surface area contributed by atoms with Crippen LogP contribution in [0.4, 0.5) is 23.7 Å². The van der Waals surface area contributed by atoms with Crippen molar-refractivity contribution < 1.29 is 32.2 Å². The fourth-order valence-corrected chi connectivity index (χ4v) is 3.92. The van der Waals surface area contributed by atoms with Crippen LogP contribution >= 0.6 is 0 Å². The number of ether oxygens (including phenoxy) is 2. The van der Waals surface area contributed by atoms with Crippen LogP contribution in [-0.2, 0) is 4.74 Å². The van der Waals surface area contributed by atoms with Crippen molar-refractivity contribution >= 4 is 17.6 Å². The van der Waals surface area contributed by atoms with Gasteiger partial charge in [0.25, 0.3) is 5.91 Å². The first-order chi connectivity index (χ1) is 16.4. The van der Waals surface area contributed by atoms with Gasteiger partial charge in [-0.15, -0.1) is 0 Å². The molecular formula is C24H37F3N4O4. The molecule has 1 aromatic rings. The standard InChI is InChI=1S/C24H37F3N4O4/c1-6-10-28-23(33)29-18-7-8-19-20(12-18)35-15-17(3)31(11-9-24(25,26)27)13-16(2)21(34-5)14-30(4)22(19)32/h7-8,12,16-17,21H,6,9-11,13-15H2,1-5H3,(H2,28,29,33)/t16-,17-,21+/m1/s1. The average molecular weight is 503 g/mol. The number of nitrogens with one attached hydrogen (secondary N) is 2. The third-order valence-electron chi connectivity index (χ3n) is 6.05. The number of urea groups is 1. The molecule has 1 aliphatic rings. The fraction of sp³-hybridized carbons (Fsp3) is 0.667. The van der Waals surface area contributed by atoms with Crippen LogP contribution in [0, 0.1) is 5.92 Å². The van der Waals surface area contributed by atoms with E-state index < -0.39 is 12.6 Å². The molecular weight excluding hydrogens is 465 g/mol. The zero-order valence-corrected chi connectivity index (χ0v) is 21.1. The van der Waals surface area contributed by atoms with E-state index >= 15 is 0 Å². The normalized spacial score (nSPS) is 22.5. The Morgan fingerprint density at radius 3 is 2.60 bits per heavy atom. The number of anilines is 1. The number of hydrogen-bond donors (Lipinski definition) is 2. The van der Waals surface area contributed by atoms with Crippen LogP contribution in [0.15, 0.2) is 18.2 Å². The second kappa shape index (κ2) is 13.0. The van der Waals surface area contributed by atoms with E-state index in [9.17, 15) is 22.8 Å². The molecule has 2 rings (SSSR count). The molecule has 1 aromatic carbocycles. The van der Waals surface area contributed by atoms with Gasteiger partial charge in [-0.05, 0) is 31.4 Å². The summed E-state index contributed by atoms with van der Waals surface area (Å²) in [7, 11) is 3.18. The molecule has 3 amide bonds. The zero-order chi connectivity index (χ0) is 26.2. The van der Waals surface area contributed by atoms with Crippen molar-refractivity contribution in [3.05, 3.63) is 23.8 Å². The van der Waals surface area contributed by atoms with Crippen LogP contribution < -0.4 is 15.4 Å². The fourth-order valence-electron chi connectivity index (χ4n) is 3.92. The maximum Gasteiger partial charge on any atom is 0.390 e. The van der Waals surface area contributed by atoms with E-state index in [1.54, 1.807) is 37.1 Å². The van der Waals surface area contributed by atoms with Gasteiger partial charge in [0.05, 0.1) is 18.1 Å². The number of alkyl halides is 3. The van der Waals surface area contributed by atoms with Gasteiger partial charge in [0.1, 0.15) is 12.4 Å². The van der Waals surface area contributed by atoms with E-state index in [-0.39, 0.29) is 55.4 Å². The van der Waals surface area contributed by atoms with Crippen LogP contribution in [0.1, 0.15) is 44.0 Å². The number of hydrogen-bond acceptors (Lipinski definition) is 5. The van der Waals surface area contributed by atoms with Crippen molar-refractivity contribution in [2.24, 2.45) is 5.92 Å². The number of likely N-dealkylation sites (N-methyl/N-ethyl adjacent to an activating group) is 1. The molecule has 0 fully saturated rings. The van der Waals surface area contributed by atoms with Crippen LogP contribution in [-0.4, -0.2) is 87.0 Å². The first-order valence-electron chi connectivity index (χ1n) is 11.9. The third-order valence-corrected chi connectivity index (χ3v) is 6.05. The lowest BCUT2D eigenvalue weighted by Crippen LogP contribution is -2.47. The third kappa shape index (κ3) is 8.88. The quantitative estimate of drug-likeness (QED) is 0.615. The average Bonchev–Trinajstić information content (AvgIpc) is 2.80. The summed E-state index contributed by atoms with van der Waals surface area (Å²) in [4.78, 5) is 28.5. The summed E-state index contributed by atoms with van der Waals surface area (Å²) < 4.78 is 50.5. The van der Waals surface area contributed by atoms with Gasteiger partial charge in [0.15, 0.2) is 0 Å². The second-order valence-electron chi connectivity index (χ2n) is 9.05. The number of halogens is 3. The smallest absolute Gasteiger partial charge is 0.390 e. The van der Waals surface area contributed by atoms with Gasteiger partial charge in [-0.3, -0.25) is 9.69 Å².